The molecule has 0 aliphatic carbocycles. The van der Waals surface area contributed by atoms with E-state index < -0.39 is 0 Å². The fourth-order valence-corrected chi connectivity index (χ4v) is 1.95. The van der Waals surface area contributed by atoms with Crippen molar-refractivity contribution >= 4 is 29.0 Å². The summed E-state index contributed by atoms with van der Waals surface area (Å²) in [6, 6.07) is 7.24. The predicted octanol–water partition coefficient (Wildman–Crippen LogP) is 2.02. The molecule has 82 valence electrons. The Balaban J connectivity index is 2.22. The Bertz CT molecular complexity index is 465. The van der Waals surface area contributed by atoms with Gasteiger partial charge in [0.05, 0.1) is 12.0 Å². The molecule has 1 saturated heterocycles. The first kappa shape index (κ1) is 10.8. The molecular formula is C11H9NO3S. The number of imide groups is 1. The number of carbonyl (C=O) groups excluding carboxylic acids is 2. The maximum Gasteiger partial charge on any atom is 0.290 e. The van der Waals surface area contributed by atoms with E-state index in [0.717, 1.165) is 23.1 Å². The van der Waals surface area contributed by atoms with Crippen LogP contribution in [0.2, 0.25) is 0 Å². The van der Waals surface area contributed by atoms with E-state index in [4.69, 9.17) is 4.74 Å². The summed E-state index contributed by atoms with van der Waals surface area (Å²) in [5, 5.41) is 1.87. The number of thioether (sulfide) groups is 1. The van der Waals surface area contributed by atoms with Gasteiger partial charge in [-0.3, -0.25) is 14.9 Å². The number of hydrogen-bond acceptors (Lipinski definition) is 4. The molecule has 1 aliphatic rings. The number of ether oxygens (including phenoxy) is 1. The molecule has 0 radical (unpaired) electrons. The fourth-order valence-electron chi connectivity index (χ4n) is 1.27. The van der Waals surface area contributed by atoms with E-state index in [2.05, 4.69) is 5.32 Å². The van der Waals surface area contributed by atoms with Crippen molar-refractivity contribution in [1.82, 2.24) is 5.32 Å². The summed E-state index contributed by atoms with van der Waals surface area (Å²) in [5.41, 5.74) is 0.855. The predicted molar refractivity (Wildman–Crippen MR) is 62.1 cm³/mol. The van der Waals surface area contributed by atoms with Crippen LogP contribution in [0.15, 0.2) is 29.2 Å². The van der Waals surface area contributed by atoms with Gasteiger partial charge < -0.3 is 4.74 Å². The molecule has 4 nitrogen and oxygen atoms in total. The van der Waals surface area contributed by atoms with Crippen LogP contribution in [0.3, 0.4) is 0 Å². The quantitative estimate of drug-likeness (QED) is 0.797. The van der Waals surface area contributed by atoms with Crippen molar-refractivity contribution in [3.63, 3.8) is 0 Å². The molecular weight excluding hydrogens is 226 g/mol. The van der Waals surface area contributed by atoms with Crippen molar-refractivity contribution in [3.05, 3.63) is 34.7 Å². The lowest BCUT2D eigenvalue weighted by atomic mass is 10.2. The van der Waals surface area contributed by atoms with Gasteiger partial charge in [0.25, 0.3) is 11.1 Å². The van der Waals surface area contributed by atoms with E-state index in [1.54, 1.807) is 25.3 Å². The third-order valence-electron chi connectivity index (χ3n) is 2.06. The second kappa shape index (κ2) is 4.40. The topological polar surface area (TPSA) is 55.4 Å². The fraction of sp³-hybridized carbons (Fsp3) is 0.0909. The molecule has 1 aromatic rings. The van der Waals surface area contributed by atoms with E-state index >= 15 is 0 Å². The average Bonchev–Trinajstić information content (AvgIpc) is 2.59. The summed E-state index contributed by atoms with van der Waals surface area (Å²) in [4.78, 5) is 22.6. The lowest BCUT2D eigenvalue weighted by Crippen LogP contribution is -2.17. The summed E-state index contributed by atoms with van der Waals surface area (Å²) in [6.07, 6.45) is 1.67. The first-order valence-corrected chi connectivity index (χ1v) is 5.39. The molecule has 0 spiro atoms. The van der Waals surface area contributed by atoms with Gasteiger partial charge in [-0.15, -0.1) is 0 Å². The molecule has 0 bridgehead atoms. The molecule has 0 unspecified atom stereocenters. The molecule has 1 aromatic carbocycles. The van der Waals surface area contributed by atoms with Crippen LogP contribution in [-0.2, 0) is 4.79 Å². The molecule has 0 aromatic heterocycles. The van der Waals surface area contributed by atoms with Gasteiger partial charge in [-0.1, -0.05) is 12.1 Å². The van der Waals surface area contributed by atoms with Gasteiger partial charge in [-0.25, -0.2) is 0 Å². The minimum Gasteiger partial charge on any atom is -0.497 e. The van der Waals surface area contributed by atoms with Gasteiger partial charge in [0.1, 0.15) is 5.75 Å². The van der Waals surface area contributed by atoms with E-state index in [0.29, 0.717) is 4.91 Å². The first-order chi connectivity index (χ1) is 7.69. The van der Waals surface area contributed by atoms with Crippen LogP contribution < -0.4 is 10.1 Å². The summed E-state index contributed by atoms with van der Waals surface area (Å²) < 4.78 is 5.02. The molecule has 0 atom stereocenters. The van der Waals surface area contributed by atoms with Crippen LogP contribution in [0, 0.1) is 0 Å². The number of carbonyl (C=O) groups is 2. The zero-order chi connectivity index (χ0) is 11.5. The number of rotatable bonds is 2. The number of amides is 2. The highest BCUT2D eigenvalue weighted by Gasteiger charge is 2.24. The van der Waals surface area contributed by atoms with Crippen molar-refractivity contribution in [2.45, 2.75) is 0 Å². The third kappa shape index (κ3) is 2.25. The Morgan fingerprint density at radius 3 is 2.44 bits per heavy atom. The molecule has 2 amide bonds. The largest absolute Gasteiger partial charge is 0.497 e. The molecule has 1 fully saturated rings. The average molecular weight is 235 g/mol. The smallest absolute Gasteiger partial charge is 0.290 e. The van der Waals surface area contributed by atoms with Crippen LogP contribution in [0.25, 0.3) is 6.08 Å². The van der Waals surface area contributed by atoms with Crippen LogP contribution in [0.4, 0.5) is 4.79 Å². The Morgan fingerprint density at radius 2 is 1.94 bits per heavy atom. The van der Waals surface area contributed by atoms with Crippen molar-refractivity contribution in [3.8, 4) is 5.75 Å². The van der Waals surface area contributed by atoms with E-state index in [-0.39, 0.29) is 11.1 Å². The molecule has 1 N–H and O–H groups in total. The van der Waals surface area contributed by atoms with Crippen molar-refractivity contribution in [2.24, 2.45) is 0 Å². The van der Waals surface area contributed by atoms with E-state index in [1.807, 2.05) is 12.1 Å². The monoisotopic (exact) mass is 235 g/mol. The lowest BCUT2D eigenvalue weighted by Gasteiger charge is -1.99. The van der Waals surface area contributed by atoms with E-state index in [1.165, 1.54) is 0 Å². The summed E-state index contributed by atoms with van der Waals surface area (Å²) in [6.45, 7) is 0. The van der Waals surface area contributed by atoms with Crippen LogP contribution in [0.1, 0.15) is 5.56 Å². The molecule has 2 rings (SSSR count). The van der Waals surface area contributed by atoms with Gasteiger partial charge in [-0.2, -0.15) is 0 Å². The van der Waals surface area contributed by atoms with Gasteiger partial charge in [-0.05, 0) is 35.5 Å². The standard InChI is InChI=1S/C11H9NO3S/c1-15-8-4-2-7(3-5-8)6-9-10(13)12-11(14)16-9/h2-6H,1H3,(H,12,13,14)/b9-6-. The second-order valence-corrected chi connectivity index (χ2v) is 4.14. The van der Waals surface area contributed by atoms with Crippen molar-refractivity contribution in [1.29, 1.82) is 0 Å². The maximum absolute atomic E-state index is 11.3. The van der Waals surface area contributed by atoms with Gasteiger partial charge >= 0.3 is 0 Å². The highest BCUT2D eigenvalue weighted by Crippen LogP contribution is 2.25. The van der Waals surface area contributed by atoms with Gasteiger partial charge in [0, 0.05) is 0 Å². The third-order valence-corrected chi connectivity index (χ3v) is 2.87. The van der Waals surface area contributed by atoms with Gasteiger partial charge in [0.15, 0.2) is 0 Å². The summed E-state index contributed by atoms with van der Waals surface area (Å²) in [7, 11) is 1.59. The minimum absolute atomic E-state index is 0.329. The number of nitrogens with one attached hydrogen (secondary N) is 1. The molecule has 1 heterocycles. The SMILES string of the molecule is COc1ccc(/C=C2\SC(=O)NC2=O)cc1. The molecule has 5 heteroatoms. The van der Waals surface area contributed by atoms with Crippen LogP contribution in [0.5, 0.6) is 5.75 Å². The van der Waals surface area contributed by atoms with Crippen LogP contribution >= 0.6 is 11.8 Å². The molecule has 16 heavy (non-hydrogen) atoms. The first-order valence-electron chi connectivity index (χ1n) is 4.58. The summed E-state index contributed by atoms with van der Waals surface area (Å²) >= 11 is 0.909. The van der Waals surface area contributed by atoms with E-state index in [9.17, 15) is 9.59 Å². The Labute approximate surface area is 96.7 Å². The number of benzene rings is 1. The zero-order valence-corrected chi connectivity index (χ0v) is 9.34. The highest BCUT2D eigenvalue weighted by molar-refractivity contribution is 8.18. The number of hydrogen-bond donors (Lipinski definition) is 1. The normalized spacial score (nSPS) is 17.7. The Morgan fingerprint density at radius 1 is 1.25 bits per heavy atom. The Kier molecular flexibility index (Phi) is 2.96. The van der Waals surface area contributed by atoms with Crippen molar-refractivity contribution in [2.75, 3.05) is 7.11 Å². The zero-order valence-electron chi connectivity index (χ0n) is 8.52. The van der Waals surface area contributed by atoms with Crippen LogP contribution in [-0.4, -0.2) is 18.3 Å². The summed E-state index contributed by atoms with van der Waals surface area (Å²) in [5.74, 6) is 0.410. The maximum atomic E-state index is 11.3. The lowest BCUT2D eigenvalue weighted by molar-refractivity contribution is -0.115. The molecule has 0 saturated carbocycles. The Hall–Kier alpha value is -1.75. The van der Waals surface area contributed by atoms with Crippen molar-refractivity contribution < 1.29 is 14.3 Å². The minimum atomic E-state index is -0.342. The molecule has 1 aliphatic heterocycles. The highest BCUT2D eigenvalue weighted by atomic mass is 32.2. The van der Waals surface area contributed by atoms with Gasteiger partial charge in [0.2, 0.25) is 0 Å². The number of methoxy groups -OCH3 is 1. The second-order valence-electron chi connectivity index (χ2n) is 3.13.